The Morgan fingerprint density at radius 1 is 1.28 bits per heavy atom. The lowest BCUT2D eigenvalue weighted by molar-refractivity contribution is -0.125. The summed E-state index contributed by atoms with van der Waals surface area (Å²) in [5.74, 6) is 1.22. The van der Waals surface area contributed by atoms with E-state index in [9.17, 15) is 10.1 Å². The molecule has 1 aliphatic heterocycles. The van der Waals surface area contributed by atoms with Crippen molar-refractivity contribution >= 4 is 11.8 Å². The number of oxazole rings is 1. The van der Waals surface area contributed by atoms with Gasteiger partial charge in [-0.1, -0.05) is 6.07 Å². The highest BCUT2D eigenvalue weighted by Crippen LogP contribution is 2.31. The number of hydrogen-bond acceptors (Lipinski definition) is 7. The predicted molar refractivity (Wildman–Crippen MR) is 105 cm³/mol. The van der Waals surface area contributed by atoms with Crippen LogP contribution in [0.4, 0.5) is 5.88 Å². The molecule has 0 saturated carbocycles. The van der Waals surface area contributed by atoms with Gasteiger partial charge in [0, 0.05) is 43.9 Å². The second kappa shape index (κ2) is 8.61. The summed E-state index contributed by atoms with van der Waals surface area (Å²) >= 11 is 0. The molecule has 1 N–H and O–H groups in total. The van der Waals surface area contributed by atoms with E-state index in [1.54, 1.807) is 18.3 Å². The summed E-state index contributed by atoms with van der Waals surface area (Å²) in [4.78, 5) is 22.9. The van der Waals surface area contributed by atoms with Gasteiger partial charge in [0.1, 0.15) is 6.07 Å². The van der Waals surface area contributed by atoms with Crippen molar-refractivity contribution in [1.29, 1.82) is 5.26 Å². The lowest BCUT2D eigenvalue weighted by Gasteiger charge is -2.30. The van der Waals surface area contributed by atoms with Crippen LogP contribution in [0.25, 0.3) is 11.7 Å². The van der Waals surface area contributed by atoms with Crippen LogP contribution < -0.4 is 10.2 Å². The van der Waals surface area contributed by atoms with Gasteiger partial charge >= 0.3 is 0 Å². The van der Waals surface area contributed by atoms with Gasteiger partial charge in [0.25, 0.3) is 5.89 Å². The molecule has 8 nitrogen and oxygen atoms in total. The van der Waals surface area contributed by atoms with Crippen LogP contribution in [0.3, 0.4) is 0 Å². The molecule has 0 bridgehead atoms. The average molecular weight is 391 g/mol. The molecular weight excluding hydrogens is 370 g/mol. The number of nitrogens with one attached hydrogen (secondary N) is 1. The number of hydrogen-bond donors (Lipinski definition) is 1. The van der Waals surface area contributed by atoms with Crippen LogP contribution in [-0.4, -0.2) is 35.5 Å². The molecule has 0 aromatic carbocycles. The van der Waals surface area contributed by atoms with Gasteiger partial charge in [-0.05, 0) is 37.1 Å². The Morgan fingerprint density at radius 3 is 2.83 bits per heavy atom. The van der Waals surface area contributed by atoms with Crippen molar-refractivity contribution in [2.24, 2.45) is 5.92 Å². The van der Waals surface area contributed by atoms with Gasteiger partial charge in [0.15, 0.2) is 5.76 Å². The maximum absolute atomic E-state index is 12.5. The number of nitriles is 1. The van der Waals surface area contributed by atoms with Crippen LogP contribution in [0.1, 0.15) is 24.2 Å². The third-order valence-electron chi connectivity index (χ3n) is 5.01. The summed E-state index contributed by atoms with van der Waals surface area (Å²) in [5.41, 5.74) is 1.19. The highest BCUT2D eigenvalue weighted by atomic mass is 16.4. The maximum atomic E-state index is 12.5. The summed E-state index contributed by atoms with van der Waals surface area (Å²) in [5, 5.41) is 12.4. The van der Waals surface area contributed by atoms with Crippen LogP contribution in [-0.2, 0) is 11.2 Å². The number of carbonyl (C=O) groups excluding carboxylic acids is 1. The zero-order valence-electron chi connectivity index (χ0n) is 15.9. The summed E-state index contributed by atoms with van der Waals surface area (Å²) in [6.07, 6.45) is 5.38. The van der Waals surface area contributed by atoms with Gasteiger partial charge in [-0.2, -0.15) is 10.2 Å². The number of aromatic nitrogens is 2. The van der Waals surface area contributed by atoms with Crippen molar-refractivity contribution in [2.75, 3.05) is 24.5 Å². The molecule has 8 heteroatoms. The summed E-state index contributed by atoms with van der Waals surface area (Å²) in [6, 6.07) is 11.3. The van der Waals surface area contributed by atoms with E-state index in [1.807, 2.05) is 23.1 Å². The molecule has 148 valence electrons. The molecule has 29 heavy (non-hydrogen) atoms. The van der Waals surface area contributed by atoms with Crippen molar-refractivity contribution in [3.63, 3.8) is 0 Å². The summed E-state index contributed by atoms with van der Waals surface area (Å²) in [6.45, 7) is 1.82. The molecule has 0 unspecified atom stereocenters. The molecule has 4 rings (SSSR count). The SMILES string of the molecule is N#Cc1nc(-c2ccco2)oc1N1CCC(C(=O)NCCc2ccccn2)CC1. The fourth-order valence-corrected chi connectivity index (χ4v) is 3.45. The minimum atomic E-state index is -0.0482. The fourth-order valence-electron chi connectivity index (χ4n) is 3.45. The first-order chi connectivity index (χ1) is 14.2. The number of carbonyl (C=O) groups is 1. The lowest BCUT2D eigenvalue weighted by atomic mass is 9.96. The van der Waals surface area contributed by atoms with Crippen molar-refractivity contribution in [3.05, 3.63) is 54.2 Å². The number of pyridine rings is 1. The molecule has 1 fully saturated rings. The van der Waals surface area contributed by atoms with E-state index in [2.05, 4.69) is 21.4 Å². The maximum Gasteiger partial charge on any atom is 0.266 e. The van der Waals surface area contributed by atoms with Gasteiger partial charge in [0.2, 0.25) is 17.5 Å². The first kappa shape index (κ1) is 18.7. The number of rotatable bonds is 6. The van der Waals surface area contributed by atoms with Crippen LogP contribution in [0.5, 0.6) is 0 Å². The molecule has 3 aromatic rings. The van der Waals surface area contributed by atoms with Gasteiger partial charge in [0.05, 0.1) is 6.26 Å². The largest absolute Gasteiger partial charge is 0.459 e. The zero-order valence-corrected chi connectivity index (χ0v) is 15.9. The Labute approximate surface area is 168 Å². The van der Waals surface area contributed by atoms with E-state index in [-0.39, 0.29) is 23.4 Å². The molecule has 3 aromatic heterocycles. The number of amides is 1. The molecule has 1 aliphatic rings. The molecule has 0 spiro atoms. The first-order valence-corrected chi connectivity index (χ1v) is 9.62. The van der Waals surface area contributed by atoms with E-state index in [0.29, 0.717) is 50.5 Å². The highest BCUT2D eigenvalue weighted by molar-refractivity contribution is 5.79. The molecule has 0 radical (unpaired) electrons. The number of furan rings is 1. The third kappa shape index (κ3) is 4.29. The third-order valence-corrected chi connectivity index (χ3v) is 5.01. The van der Waals surface area contributed by atoms with Gasteiger partial charge in [-0.3, -0.25) is 9.78 Å². The Morgan fingerprint density at radius 2 is 2.14 bits per heavy atom. The Balaban J connectivity index is 1.31. The fraction of sp³-hybridized carbons (Fsp3) is 0.333. The quantitative estimate of drug-likeness (QED) is 0.688. The van der Waals surface area contributed by atoms with Crippen LogP contribution in [0.2, 0.25) is 0 Å². The van der Waals surface area contributed by atoms with E-state index in [1.165, 1.54) is 6.26 Å². The van der Waals surface area contributed by atoms with E-state index >= 15 is 0 Å². The summed E-state index contributed by atoms with van der Waals surface area (Å²) < 4.78 is 11.1. The zero-order chi connectivity index (χ0) is 20.1. The monoisotopic (exact) mass is 391 g/mol. The minimum Gasteiger partial charge on any atom is -0.459 e. The Bertz CT molecular complexity index is 983. The predicted octanol–water partition coefficient (Wildman–Crippen LogP) is 2.78. The molecule has 4 heterocycles. The lowest BCUT2D eigenvalue weighted by Crippen LogP contribution is -2.41. The molecule has 0 aliphatic carbocycles. The van der Waals surface area contributed by atoms with Crippen molar-refractivity contribution in [1.82, 2.24) is 15.3 Å². The smallest absolute Gasteiger partial charge is 0.266 e. The first-order valence-electron chi connectivity index (χ1n) is 9.62. The van der Waals surface area contributed by atoms with Crippen molar-refractivity contribution < 1.29 is 13.6 Å². The topological polar surface area (TPSA) is 108 Å². The normalized spacial score (nSPS) is 14.5. The summed E-state index contributed by atoms with van der Waals surface area (Å²) in [7, 11) is 0. The Kier molecular flexibility index (Phi) is 5.56. The highest BCUT2D eigenvalue weighted by Gasteiger charge is 2.29. The van der Waals surface area contributed by atoms with E-state index < -0.39 is 0 Å². The molecule has 0 atom stereocenters. The van der Waals surface area contributed by atoms with Crippen LogP contribution >= 0.6 is 0 Å². The minimum absolute atomic E-state index is 0.0482. The number of anilines is 1. The van der Waals surface area contributed by atoms with Crippen LogP contribution in [0, 0.1) is 17.2 Å². The second-order valence-corrected chi connectivity index (χ2v) is 6.89. The average Bonchev–Trinajstić information content (AvgIpc) is 3.44. The second-order valence-electron chi connectivity index (χ2n) is 6.89. The van der Waals surface area contributed by atoms with E-state index in [4.69, 9.17) is 8.83 Å². The Hall–Kier alpha value is -3.60. The van der Waals surface area contributed by atoms with Crippen LogP contribution in [0.15, 0.2) is 51.6 Å². The van der Waals surface area contributed by atoms with E-state index in [0.717, 1.165) is 5.69 Å². The van der Waals surface area contributed by atoms with Gasteiger partial charge in [-0.25, -0.2) is 0 Å². The van der Waals surface area contributed by atoms with Gasteiger partial charge < -0.3 is 19.1 Å². The number of piperidine rings is 1. The molecule has 1 amide bonds. The molecule has 1 saturated heterocycles. The van der Waals surface area contributed by atoms with Crippen molar-refractivity contribution in [3.8, 4) is 17.7 Å². The molecular formula is C21H21N5O3. The standard InChI is InChI=1S/C21H21N5O3/c22-14-17-21(29-20(25-17)18-5-3-13-28-18)26-11-7-15(8-12-26)19(27)24-10-6-16-4-1-2-9-23-16/h1-5,9,13,15H,6-8,10-12H2,(H,24,27). The van der Waals surface area contributed by atoms with Gasteiger partial charge in [-0.15, -0.1) is 0 Å². The number of nitrogens with zero attached hydrogens (tertiary/aromatic N) is 4. The van der Waals surface area contributed by atoms with Crippen molar-refractivity contribution in [2.45, 2.75) is 19.3 Å².